The van der Waals surface area contributed by atoms with Crippen LogP contribution in [0.2, 0.25) is 0 Å². The molecule has 1 aliphatic heterocycles. The van der Waals surface area contributed by atoms with Crippen molar-refractivity contribution >= 4 is 26.7 Å². The Balaban J connectivity index is 1.63. The molecule has 2 aromatic heterocycles. The molecular formula is C19H17BrF3N3O5S. The summed E-state index contributed by atoms with van der Waals surface area (Å²) >= 11 is 3.22. The van der Waals surface area contributed by atoms with E-state index >= 15 is 0 Å². The zero-order valence-electron chi connectivity index (χ0n) is 16.0. The minimum absolute atomic E-state index is 0.00716. The number of aliphatic hydroxyl groups is 3. The highest BCUT2D eigenvalue weighted by Crippen LogP contribution is 2.35. The molecule has 8 nitrogen and oxygen atoms in total. The fourth-order valence-corrected chi connectivity index (χ4v) is 5.34. The number of pyridine rings is 1. The number of H-pyrrole nitrogens is 1. The Morgan fingerprint density at radius 2 is 1.81 bits per heavy atom. The van der Waals surface area contributed by atoms with Gasteiger partial charge in [-0.2, -0.15) is 0 Å². The Kier molecular flexibility index (Phi) is 6.56. The first-order chi connectivity index (χ1) is 15.2. The van der Waals surface area contributed by atoms with Gasteiger partial charge in [0.25, 0.3) is 0 Å². The third-order valence-corrected chi connectivity index (χ3v) is 7.04. The SMILES string of the molecule is O=S(c1cncc(Br)c1)[C@H]1OC(CO)[C@H](O)[C@H](n2cc(-c3cc(F)c(F)c(F)c3)[nH]2)C1O. The average Bonchev–Trinajstić information content (AvgIpc) is 2.73. The molecule has 6 atom stereocenters. The van der Waals surface area contributed by atoms with Gasteiger partial charge < -0.3 is 20.1 Å². The van der Waals surface area contributed by atoms with Crippen molar-refractivity contribution in [2.75, 3.05) is 6.61 Å². The standard InChI is InChI=1S/C19H17BrF3N3O5S/c20-9-3-10(5-24-4-9)32(30)19-18(29)16(17(28)14(7-27)31-19)26-6-13(25-26)8-1-11(21)15(23)12(22)2-8/h1-6,14,16-19,25,27-29H,7H2/t14?,16-,17-,18?,19+,32?/m0/s1. The van der Waals surface area contributed by atoms with E-state index in [1.165, 1.54) is 29.3 Å². The summed E-state index contributed by atoms with van der Waals surface area (Å²) in [6.07, 6.45) is 0.0822. The van der Waals surface area contributed by atoms with E-state index in [1.807, 2.05) is 0 Å². The summed E-state index contributed by atoms with van der Waals surface area (Å²) in [6.45, 7) is -0.617. The van der Waals surface area contributed by atoms with Crippen molar-refractivity contribution in [3.05, 3.63) is 58.7 Å². The second-order valence-electron chi connectivity index (χ2n) is 7.15. The molecule has 1 saturated heterocycles. The van der Waals surface area contributed by atoms with E-state index in [-0.39, 0.29) is 16.2 Å². The molecule has 3 heterocycles. The number of aromatic nitrogens is 3. The molecule has 13 heteroatoms. The number of aliphatic hydroxyl groups excluding tert-OH is 3. The van der Waals surface area contributed by atoms with Crippen molar-refractivity contribution < 1.29 is 37.4 Å². The lowest BCUT2D eigenvalue weighted by atomic mass is 9.97. The van der Waals surface area contributed by atoms with E-state index in [4.69, 9.17) is 4.74 Å². The van der Waals surface area contributed by atoms with Crippen LogP contribution < -0.4 is 0 Å². The van der Waals surface area contributed by atoms with Gasteiger partial charge in [0.05, 0.1) is 28.0 Å². The predicted octanol–water partition coefficient (Wildman–Crippen LogP) is 1.85. The van der Waals surface area contributed by atoms with Crippen LogP contribution in [0.3, 0.4) is 0 Å². The van der Waals surface area contributed by atoms with Crippen molar-refractivity contribution in [1.29, 1.82) is 0 Å². The topological polar surface area (TPSA) is 121 Å². The van der Waals surface area contributed by atoms with Gasteiger partial charge in [0, 0.05) is 28.6 Å². The second-order valence-corrected chi connectivity index (χ2v) is 9.60. The van der Waals surface area contributed by atoms with Crippen LogP contribution in [0.25, 0.3) is 11.3 Å². The lowest BCUT2D eigenvalue weighted by Crippen LogP contribution is -2.57. The van der Waals surface area contributed by atoms with Gasteiger partial charge in [-0.05, 0) is 34.1 Å². The van der Waals surface area contributed by atoms with Crippen molar-refractivity contribution in [2.24, 2.45) is 0 Å². The molecule has 0 saturated carbocycles. The first-order valence-electron chi connectivity index (χ1n) is 9.26. The maximum atomic E-state index is 13.5. The summed E-state index contributed by atoms with van der Waals surface area (Å²) < 4.78 is 60.6. The number of nitrogens with zero attached hydrogens (tertiary/aromatic N) is 2. The molecule has 0 radical (unpaired) electrons. The third kappa shape index (κ3) is 4.16. The van der Waals surface area contributed by atoms with Crippen molar-refractivity contribution in [3.8, 4) is 11.3 Å². The number of benzene rings is 1. The Labute approximate surface area is 190 Å². The number of hydrogen-bond donors (Lipinski definition) is 4. The second kappa shape index (κ2) is 9.08. The van der Waals surface area contributed by atoms with E-state index in [9.17, 15) is 32.7 Å². The zero-order valence-corrected chi connectivity index (χ0v) is 18.4. The maximum absolute atomic E-state index is 13.5. The van der Waals surface area contributed by atoms with Crippen molar-refractivity contribution in [3.63, 3.8) is 0 Å². The van der Waals surface area contributed by atoms with E-state index in [1.54, 1.807) is 0 Å². The predicted molar refractivity (Wildman–Crippen MR) is 109 cm³/mol. The number of halogens is 4. The van der Waals surface area contributed by atoms with Crippen LogP contribution in [0.15, 0.2) is 46.2 Å². The summed E-state index contributed by atoms with van der Waals surface area (Å²) in [5, 5.41) is 33.8. The zero-order chi connectivity index (χ0) is 23.2. The molecule has 0 spiro atoms. The minimum Gasteiger partial charge on any atom is -0.394 e. The van der Waals surface area contributed by atoms with Crippen molar-refractivity contribution in [1.82, 2.24) is 14.8 Å². The first kappa shape index (κ1) is 23.1. The van der Waals surface area contributed by atoms with Crippen LogP contribution in [0.5, 0.6) is 0 Å². The van der Waals surface area contributed by atoms with Crippen LogP contribution in [-0.2, 0) is 15.5 Å². The molecule has 0 aliphatic carbocycles. The summed E-state index contributed by atoms with van der Waals surface area (Å²) in [6, 6.07) is 1.99. The minimum atomic E-state index is -1.92. The Hall–Kier alpha value is -2.03. The fraction of sp³-hybridized carbons (Fsp3) is 0.316. The summed E-state index contributed by atoms with van der Waals surface area (Å²) in [5.41, 5.74) is -1.12. The molecular weight excluding hydrogens is 519 g/mol. The molecule has 3 unspecified atom stereocenters. The van der Waals surface area contributed by atoms with Gasteiger partial charge in [-0.1, -0.05) is 0 Å². The maximum Gasteiger partial charge on any atom is 0.194 e. The van der Waals surface area contributed by atoms with E-state index in [0.29, 0.717) is 4.47 Å². The third-order valence-electron chi connectivity index (χ3n) is 5.11. The number of hydrogen-bond acceptors (Lipinski definition) is 6. The summed E-state index contributed by atoms with van der Waals surface area (Å²) in [4.78, 5) is 4.18. The van der Waals surface area contributed by atoms with Gasteiger partial charge in [0.15, 0.2) is 22.9 Å². The lowest BCUT2D eigenvalue weighted by Gasteiger charge is -2.43. The quantitative estimate of drug-likeness (QED) is 0.370. The van der Waals surface area contributed by atoms with E-state index in [2.05, 4.69) is 26.0 Å². The van der Waals surface area contributed by atoms with Gasteiger partial charge in [0.2, 0.25) is 0 Å². The van der Waals surface area contributed by atoms with Gasteiger partial charge in [-0.3, -0.25) is 19.0 Å². The first-order valence-corrected chi connectivity index (χ1v) is 11.3. The molecule has 172 valence electrons. The monoisotopic (exact) mass is 535 g/mol. The summed E-state index contributed by atoms with van der Waals surface area (Å²) in [5.74, 6) is -4.34. The van der Waals surface area contributed by atoms with Gasteiger partial charge in [-0.15, -0.1) is 0 Å². The molecule has 0 bridgehead atoms. The van der Waals surface area contributed by atoms with Crippen LogP contribution in [0.4, 0.5) is 13.2 Å². The molecule has 4 rings (SSSR count). The molecule has 32 heavy (non-hydrogen) atoms. The molecule has 3 aromatic rings. The van der Waals surface area contributed by atoms with Gasteiger partial charge in [0.1, 0.15) is 24.4 Å². The number of rotatable bonds is 5. The normalized spacial score (nSPS) is 26.9. The Morgan fingerprint density at radius 1 is 1.16 bits per heavy atom. The van der Waals surface area contributed by atoms with Gasteiger partial charge in [-0.25, -0.2) is 13.2 Å². The Morgan fingerprint density at radius 3 is 2.41 bits per heavy atom. The van der Waals surface area contributed by atoms with E-state index < -0.39 is 64.6 Å². The largest absolute Gasteiger partial charge is 0.394 e. The molecule has 1 aliphatic rings. The van der Waals surface area contributed by atoms with Gasteiger partial charge >= 0.3 is 0 Å². The van der Waals surface area contributed by atoms with Crippen LogP contribution in [0, 0.1) is 17.5 Å². The Bertz CT molecular complexity index is 1120. The fourth-order valence-electron chi connectivity index (χ4n) is 3.49. The molecule has 1 aromatic carbocycles. The smallest absolute Gasteiger partial charge is 0.194 e. The van der Waals surface area contributed by atoms with Crippen LogP contribution in [-0.4, -0.2) is 64.6 Å². The van der Waals surface area contributed by atoms with Crippen molar-refractivity contribution in [2.45, 2.75) is 34.7 Å². The molecule has 0 amide bonds. The number of nitrogens with one attached hydrogen (secondary N) is 1. The van der Waals surface area contributed by atoms with E-state index in [0.717, 1.165) is 12.1 Å². The highest BCUT2D eigenvalue weighted by atomic mass is 79.9. The molecule has 1 fully saturated rings. The number of ether oxygens (including phenoxy) is 1. The number of aromatic amines is 1. The summed E-state index contributed by atoms with van der Waals surface area (Å²) in [7, 11) is -1.92. The van der Waals surface area contributed by atoms with Crippen LogP contribution >= 0.6 is 15.9 Å². The molecule has 4 N–H and O–H groups in total. The lowest BCUT2D eigenvalue weighted by molar-refractivity contribution is -0.180. The highest BCUT2D eigenvalue weighted by molar-refractivity contribution is 9.10. The van der Waals surface area contributed by atoms with Crippen LogP contribution in [0.1, 0.15) is 6.04 Å². The average molecular weight is 536 g/mol. The highest BCUT2D eigenvalue weighted by Gasteiger charge is 2.48.